The second-order valence-corrected chi connectivity index (χ2v) is 4.83. The second-order valence-electron chi connectivity index (χ2n) is 4.39. The van der Waals surface area contributed by atoms with Gasteiger partial charge in [0, 0.05) is 17.8 Å². The largest absolute Gasteiger partial charge is 0.394 e. The van der Waals surface area contributed by atoms with Crippen LogP contribution in [0.25, 0.3) is 0 Å². The van der Waals surface area contributed by atoms with Gasteiger partial charge in [0.25, 0.3) is 0 Å². The Balaban J connectivity index is 2.34. The fourth-order valence-corrected chi connectivity index (χ4v) is 2.39. The van der Waals surface area contributed by atoms with E-state index in [0.717, 1.165) is 36.5 Å². The molecule has 1 aromatic rings. The number of hydrogen-bond acceptors (Lipinski definition) is 4. The Hall–Kier alpha value is -1.20. The number of aliphatic hydroxyl groups excluding tert-OH is 1. The fourth-order valence-electron chi connectivity index (χ4n) is 2.27. The Morgan fingerprint density at radius 2 is 2.41 bits per heavy atom. The molecule has 0 radical (unpaired) electrons. The van der Waals surface area contributed by atoms with E-state index < -0.39 is 0 Å². The summed E-state index contributed by atoms with van der Waals surface area (Å²) in [7, 11) is 0. The smallest absolute Gasteiger partial charge is 0.129 e. The molecule has 2 heterocycles. The van der Waals surface area contributed by atoms with E-state index in [4.69, 9.17) is 18.0 Å². The summed E-state index contributed by atoms with van der Waals surface area (Å²) in [6, 6.07) is 3.96. The van der Waals surface area contributed by atoms with Gasteiger partial charge in [0.1, 0.15) is 10.8 Å². The highest BCUT2D eigenvalue weighted by Crippen LogP contribution is 2.24. The molecule has 1 saturated heterocycles. The third kappa shape index (κ3) is 2.56. The first kappa shape index (κ1) is 12.3. The Morgan fingerprint density at radius 3 is 3.06 bits per heavy atom. The van der Waals surface area contributed by atoms with E-state index in [1.807, 2.05) is 19.1 Å². The van der Waals surface area contributed by atoms with Crippen LogP contribution in [0.5, 0.6) is 0 Å². The first-order valence-electron chi connectivity index (χ1n) is 5.78. The number of nitrogens with two attached hydrogens (primary N) is 1. The van der Waals surface area contributed by atoms with Gasteiger partial charge < -0.3 is 15.7 Å². The zero-order valence-corrected chi connectivity index (χ0v) is 10.7. The molecule has 1 atom stereocenters. The van der Waals surface area contributed by atoms with Crippen LogP contribution in [0.3, 0.4) is 0 Å². The van der Waals surface area contributed by atoms with Crippen molar-refractivity contribution in [2.75, 3.05) is 18.1 Å². The molecular weight excluding hydrogens is 234 g/mol. The molecule has 5 heteroatoms. The standard InChI is InChI=1S/C12H17N3OS/c1-8-5-9(12(13)17)6-11(14-8)15-4-2-3-10(15)7-16/h5-6,10,16H,2-4,7H2,1H3,(H2,13,17). The van der Waals surface area contributed by atoms with Crippen LogP contribution >= 0.6 is 12.2 Å². The highest BCUT2D eigenvalue weighted by atomic mass is 32.1. The van der Waals surface area contributed by atoms with E-state index in [-0.39, 0.29) is 12.6 Å². The third-order valence-corrected chi connectivity index (χ3v) is 3.34. The fraction of sp³-hybridized carbons (Fsp3) is 0.500. The zero-order valence-electron chi connectivity index (χ0n) is 9.89. The number of anilines is 1. The lowest BCUT2D eigenvalue weighted by molar-refractivity contribution is 0.266. The number of rotatable bonds is 3. The van der Waals surface area contributed by atoms with Gasteiger partial charge >= 0.3 is 0 Å². The number of aromatic nitrogens is 1. The van der Waals surface area contributed by atoms with Gasteiger partial charge in [-0.15, -0.1) is 0 Å². The molecule has 1 aromatic heterocycles. The van der Waals surface area contributed by atoms with Crippen molar-refractivity contribution in [3.8, 4) is 0 Å². The topological polar surface area (TPSA) is 62.4 Å². The minimum absolute atomic E-state index is 0.165. The lowest BCUT2D eigenvalue weighted by atomic mass is 10.2. The van der Waals surface area contributed by atoms with E-state index in [1.54, 1.807) is 0 Å². The number of aliphatic hydroxyl groups is 1. The van der Waals surface area contributed by atoms with Crippen molar-refractivity contribution in [3.63, 3.8) is 0 Å². The maximum Gasteiger partial charge on any atom is 0.129 e. The minimum atomic E-state index is 0.165. The number of nitrogens with zero attached hydrogens (tertiary/aromatic N) is 2. The molecule has 92 valence electrons. The van der Waals surface area contributed by atoms with Crippen molar-refractivity contribution in [1.29, 1.82) is 0 Å². The highest BCUT2D eigenvalue weighted by molar-refractivity contribution is 7.80. The molecule has 0 amide bonds. The first-order chi connectivity index (χ1) is 8.11. The van der Waals surface area contributed by atoms with Gasteiger partial charge in [-0.1, -0.05) is 12.2 Å². The van der Waals surface area contributed by atoms with Gasteiger partial charge in [-0.3, -0.25) is 0 Å². The normalized spacial score (nSPS) is 19.6. The number of pyridine rings is 1. The quantitative estimate of drug-likeness (QED) is 0.784. The Bertz CT molecular complexity index is 436. The Kier molecular flexibility index (Phi) is 3.59. The van der Waals surface area contributed by atoms with E-state index in [9.17, 15) is 5.11 Å². The maximum absolute atomic E-state index is 9.33. The lowest BCUT2D eigenvalue weighted by Gasteiger charge is -2.24. The number of thiocarbonyl (C=S) groups is 1. The number of hydrogen-bond donors (Lipinski definition) is 2. The average molecular weight is 251 g/mol. The van der Waals surface area contributed by atoms with Gasteiger partial charge in [0.15, 0.2) is 0 Å². The van der Waals surface area contributed by atoms with Crippen molar-refractivity contribution >= 4 is 23.0 Å². The molecule has 2 rings (SSSR count). The predicted octanol–water partition coefficient (Wildman–Crippen LogP) is 0.985. The summed E-state index contributed by atoms with van der Waals surface area (Å²) >= 11 is 5.00. The summed E-state index contributed by atoms with van der Waals surface area (Å²) < 4.78 is 0. The zero-order chi connectivity index (χ0) is 12.4. The van der Waals surface area contributed by atoms with Crippen molar-refractivity contribution in [2.24, 2.45) is 5.73 Å². The third-order valence-electron chi connectivity index (χ3n) is 3.11. The van der Waals surface area contributed by atoms with Crippen LogP contribution in [0.2, 0.25) is 0 Å². The van der Waals surface area contributed by atoms with Crippen LogP contribution in [-0.2, 0) is 0 Å². The molecule has 0 spiro atoms. The molecular formula is C12H17N3OS. The summed E-state index contributed by atoms with van der Waals surface area (Å²) in [5.74, 6) is 0.865. The Labute approximate surface area is 106 Å². The van der Waals surface area contributed by atoms with Gasteiger partial charge in [-0.05, 0) is 31.9 Å². The molecule has 1 aliphatic rings. The van der Waals surface area contributed by atoms with E-state index in [1.165, 1.54) is 0 Å². The number of aryl methyl sites for hydroxylation is 1. The summed E-state index contributed by atoms with van der Waals surface area (Å²) in [5, 5.41) is 9.33. The van der Waals surface area contributed by atoms with E-state index in [2.05, 4.69) is 9.88 Å². The monoisotopic (exact) mass is 251 g/mol. The summed E-state index contributed by atoms with van der Waals surface area (Å²) in [6.45, 7) is 3.02. The molecule has 0 aromatic carbocycles. The van der Waals surface area contributed by atoms with Gasteiger partial charge in [-0.2, -0.15) is 0 Å². The van der Waals surface area contributed by atoms with Crippen LogP contribution < -0.4 is 10.6 Å². The van der Waals surface area contributed by atoms with Crippen molar-refractivity contribution in [2.45, 2.75) is 25.8 Å². The molecule has 3 N–H and O–H groups in total. The molecule has 17 heavy (non-hydrogen) atoms. The maximum atomic E-state index is 9.33. The molecule has 0 saturated carbocycles. The molecule has 0 aliphatic carbocycles. The van der Waals surface area contributed by atoms with Crippen LogP contribution in [-0.4, -0.2) is 34.3 Å². The SMILES string of the molecule is Cc1cc(C(N)=S)cc(N2CCCC2CO)n1. The Morgan fingerprint density at radius 1 is 1.65 bits per heavy atom. The first-order valence-corrected chi connectivity index (χ1v) is 6.18. The molecule has 1 aliphatic heterocycles. The summed E-state index contributed by atoms with van der Waals surface area (Å²) in [4.78, 5) is 7.02. The van der Waals surface area contributed by atoms with Crippen LogP contribution in [0.4, 0.5) is 5.82 Å². The van der Waals surface area contributed by atoms with Crippen molar-refractivity contribution in [1.82, 2.24) is 4.98 Å². The van der Waals surface area contributed by atoms with Gasteiger partial charge in [0.2, 0.25) is 0 Å². The van der Waals surface area contributed by atoms with E-state index in [0.29, 0.717) is 4.99 Å². The predicted molar refractivity (Wildman–Crippen MR) is 72.3 cm³/mol. The van der Waals surface area contributed by atoms with E-state index >= 15 is 0 Å². The van der Waals surface area contributed by atoms with Gasteiger partial charge in [0.05, 0.1) is 12.6 Å². The molecule has 1 fully saturated rings. The average Bonchev–Trinajstić information content (AvgIpc) is 2.76. The van der Waals surface area contributed by atoms with Crippen LogP contribution in [0, 0.1) is 6.92 Å². The molecule has 4 nitrogen and oxygen atoms in total. The highest BCUT2D eigenvalue weighted by Gasteiger charge is 2.25. The van der Waals surface area contributed by atoms with Crippen molar-refractivity contribution < 1.29 is 5.11 Å². The second kappa shape index (κ2) is 4.98. The minimum Gasteiger partial charge on any atom is -0.394 e. The summed E-state index contributed by atoms with van der Waals surface area (Å²) in [6.07, 6.45) is 2.10. The lowest BCUT2D eigenvalue weighted by Crippen LogP contribution is -2.33. The summed E-state index contributed by atoms with van der Waals surface area (Å²) in [5.41, 5.74) is 7.39. The van der Waals surface area contributed by atoms with Crippen LogP contribution in [0.1, 0.15) is 24.1 Å². The molecule has 1 unspecified atom stereocenters. The molecule has 0 bridgehead atoms. The van der Waals surface area contributed by atoms with Gasteiger partial charge in [-0.25, -0.2) is 4.98 Å². The van der Waals surface area contributed by atoms with Crippen molar-refractivity contribution in [3.05, 3.63) is 23.4 Å². The van der Waals surface area contributed by atoms with Crippen LogP contribution in [0.15, 0.2) is 12.1 Å².